The predicted octanol–water partition coefficient (Wildman–Crippen LogP) is 4.83. The number of nitrogens with zero attached hydrogens (tertiary/aromatic N) is 1. The molecule has 0 bridgehead atoms. The van der Waals surface area contributed by atoms with Gasteiger partial charge in [-0.3, -0.25) is 4.79 Å². The van der Waals surface area contributed by atoms with Gasteiger partial charge in [-0.1, -0.05) is 6.07 Å². The summed E-state index contributed by atoms with van der Waals surface area (Å²) in [6, 6.07) is 3.69. The van der Waals surface area contributed by atoms with Crippen LogP contribution in [0.1, 0.15) is 29.5 Å². The lowest BCUT2D eigenvalue weighted by molar-refractivity contribution is -0.143. The minimum absolute atomic E-state index is 0.0408. The lowest BCUT2D eigenvalue weighted by Gasteiger charge is -2.24. The lowest BCUT2D eigenvalue weighted by atomic mass is 10.1. The van der Waals surface area contributed by atoms with Crippen LogP contribution in [0, 0.1) is 6.92 Å². The van der Waals surface area contributed by atoms with Gasteiger partial charge in [-0.15, -0.1) is 0 Å². The first-order valence-corrected chi connectivity index (χ1v) is 11.4. The van der Waals surface area contributed by atoms with Gasteiger partial charge < -0.3 is 10.1 Å². The maximum Gasteiger partial charge on any atom is 0.416 e. The topological polar surface area (TPSA) is 75.7 Å². The number of methoxy groups -OCH3 is 1. The zero-order valence-corrected chi connectivity index (χ0v) is 18.7. The number of nitrogens with one attached hydrogen (secondary N) is 1. The first-order chi connectivity index (χ1) is 15.6. The number of carbonyl (C=O) groups excluding carboxylic acids is 1. The fraction of sp³-hybridized carbons (Fsp3) is 0.381. The number of rotatable bonds is 5. The molecular formula is C21H20F6N2O4S. The van der Waals surface area contributed by atoms with E-state index in [2.05, 4.69) is 0 Å². The molecule has 0 unspecified atom stereocenters. The molecule has 1 saturated heterocycles. The Hall–Kier alpha value is -2.80. The van der Waals surface area contributed by atoms with Gasteiger partial charge in [-0.2, -0.15) is 30.6 Å². The largest absolute Gasteiger partial charge is 0.497 e. The van der Waals surface area contributed by atoms with Gasteiger partial charge in [0.25, 0.3) is 0 Å². The standard InChI is InChI=1S/C21H20F6N2O4S/c1-12-5-6-16(33-2)11-18(12)34(31,32)29-7-3-4-17(29)19(30)28-15-9-13(20(22,23)24)8-14(10-15)21(25,26)27/h5-6,8-11,17H,3-4,7H2,1-2H3,(H,28,30)/t17-/m0/s1. The maximum absolute atomic E-state index is 13.3. The summed E-state index contributed by atoms with van der Waals surface area (Å²) < 4.78 is 111. The molecular weight excluding hydrogens is 490 g/mol. The van der Waals surface area contributed by atoms with Crippen molar-refractivity contribution in [1.82, 2.24) is 4.31 Å². The Bertz CT molecular complexity index is 1160. The van der Waals surface area contributed by atoms with Crippen molar-refractivity contribution in [2.45, 2.75) is 43.1 Å². The van der Waals surface area contributed by atoms with Crippen molar-refractivity contribution < 1.29 is 44.3 Å². The molecule has 0 aromatic heterocycles. The first kappa shape index (κ1) is 25.8. The second-order valence-corrected chi connectivity index (χ2v) is 9.55. The third-order valence-electron chi connectivity index (χ3n) is 5.34. The van der Waals surface area contributed by atoms with E-state index in [0.717, 1.165) is 4.31 Å². The van der Waals surface area contributed by atoms with Gasteiger partial charge in [0, 0.05) is 18.3 Å². The van der Waals surface area contributed by atoms with Crippen LogP contribution in [-0.2, 0) is 27.2 Å². The number of halogens is 6. The van der Waals surface area contributed by atoms with E-state index in [1.807, 2.05) is 5.32 Å². The minimum Gasteiger partial charge on any atom is -0.497 e. The van der Waals surface area contributed by atoms with Crippen molar-refractivity contribution in [2.24, 2.45) is 0 Å². The van der Waals surface area contributed by atoms with Gasteiger partial charge in [-0.05, 0) is 49.6 Å². The summed E-state index contributed by atoms with van der Waals surface area (Å²) in [6.45, 7) is 1.49. The fourth-order valence-corrected chi connectivity index (χ4v) is 5.55. The van der Waals surface area contributed by atoms with E-state index in [0.29, 0.717) is 17.7 Å². The molecule has 3 rings (SSSR count). The zero-order chi connectivity index (χ0) is 25.5. The molecule has 2 aromatic carbocycles. The molecule has 1 aliphatic rings. The van der Waals surface area contributed by atoms with Crippen molar-refractivity contribution in [3.8, 4) is 5.75 Å². The molecule has 186 valence electrons. The van der Waals surface area contributed by atoms with Crippen molar-refractivity contribution >= 4 is 21.6 Å². The smallest absolute Gasteiger partial charge is 0.416 e. The number of amides is 1. The summed E-state index contributed by atoms with van der Waals surface area (Å²) in [5.41, 5.74) is -3.56. The molecule has 34 heavy (non-hydrogen) atoms. The normalized spacial score (nSPS) is 17.6. The molecule has 1 atom stereocenters. The van der Waals surface area contributed by atoms with Crippen LogP contribution in [0.3, 0.4) is 0 Å². The zero-order valence-electron chi connectivity index (χ0n) is 17.9. The third-order valence-corrected chi connectivity index (χ3v) is 7.39. The highest BCUT2D eigenvalue weighted by Gasteiger charge is 2.41. The van der Waals surface area contributed by atoms with Gasteiger partial charge in [0.15, 0.2) is 0 Å². The van der Waals surface area contributed by atoms with Crippen molar-refractivity contribution in [3.63, 3.8) is 0 Å². The number of carbonyl (C=O) groups is 1. The van der Waals surface area contributed by atoms with E-state index < -0.39 is 51.1 Å². The van der Waals surface area contributed by atoms with E-state index in [9.17, 15) is 39.6 Å². The molecule has 1 fully saturated rings. The van der Waals surface area contributed by atoms with Crippen molar-refractivity contribution in [1.29, 1.82) is 0 Å². The Kier molecular flexibility index (Phi) is 6.91. The van der Waals surface area contributed by atoms with E-state index in [1.165, 1.54) is 19.2 Å². The lowest BCUT2D eigenvalue weighted by Crippen LogP contribution is -2.43. The summed E-state index contributed by atoms with van der Waals surface area (Å²) in [7, 11) is -2.87. The number of hydrogen-bond acceptors (Lipinski definition) is 4. The third kappa shape index (κ3) is 5.30. The maximum atomic E-state index is 13.3. The first-order valence-electron chi connectivity index (χ1n) is 9.91. The minimum atomic E-state index is -5.09. The molecule has 0 radical (unpaired) electrons. The van der Waals surface area contributed by atoms with Crippen LogP contribution in [0.2, 0.25) is 0 Å². The Morgan fingerprint density at radius 2 is 1.62 bits per heavy atom. The highest BCUT2D eigenvalue weighted by molar-refractivity contribution is 7.89. The summed E-state index contributed by atoms with van der Waals surface area (Å²) in [5.74, 6) is -0.776. The van der Waals surface area contributed by atoms with Crippen LogP contribution in [0.15, 0.2) is 41.3 Å². The van der Waals surface area contributed by atoms with Gasteiger partial charge >= 0.3 is 12.4 Å². The van der Waals surface area contributed by atoms with Gasteiger partial charge in [-0.25, -0.2) is 8.42 Å². The number of alkyl halides is 6. The predicted molar refractivity (Wildman–Crippen MR) is 110 cm³/mol. The molecule has 1 heterocycles. The van der Waals surface area contributed by atoms with Gasteiger partial charge in [0.1, 0.15) is 11.8 Å². The van der Waals surface area contributed by atoms with Gasteiger partial charge in [0.05, 0.1) is 23.1 Å². The van der Waals surface area contributed by atoms with Crippen LogP contribution in [0.25, 0.3) is 0 Å². The average Bonchev–Trinajstić information content (AvgIpc) is 3.23. The Morgan fingerprint density at radius 3 is 2.15 bits per heavy atom. The Labute approximate surface area is 191 Å². The SMILES string of the molecule is COc1ccc(C)c(S(=O)(=O)N2CCC[C@H]2C(=O)Nc2cc(C(F)(F)F)cc(C(F)(F)F)c2)c1. The number of hydrogen-bond donors (Lipinski definition) is 1. The molecule has 0 aliphatic carbocycles. The molecule has 1 N–H and O–H groups in total. The molecule has 2 aromatic rings. The van der Waals surface area contributed by atoms with Crippen LogP contribution >= 0.6 is 0 Å². The van der Waals surface area contributed by atoms with Crippen LogP contribution in [-0.4, -0.2) is 38.3 Å². The van der Waals surface area contributed by atoms with Crippen molar-refractivity contribution in [2.75, 3.05) is 19.0 Å². The van der Waals surface area contributed by atoms with Crippen LogP contribution < -0.4 is 10.1 Å². The Morgan fingerprint density at radius 1 is 1.03 bits per heavy atom. The number of ether oxygens (including phenoxy) is 1. The molecule has 13 heteroatoms. The van der Waals surface area contributed by atoms with E-state index in [1.54, 1.807) is 13.0 Å². The van der Waals surface area contributed by atoms with Crippen molar-refractivity contribution in [3.05, 3.63) is 53.1 Å². The summed E-state index contributed by atoms with van der Waals surface area (Å²) in [4.78, 5) is 12.7. The second-order valence-electron chi connectivity index (χ2n) is 7.69. The molecule has 1 aliphatic heterocycles. The fourth-order valence-electron chi connectivity index (χ4n) is 3.65. The number of anilines is 1. The molecule has 1 amide bonds. The number of benzene rings is 2. The van der Waals surface area contributed by atoms with E-state index in [4.69, 9.17) is 4.74 Å². The summed E-state index contributed by atoms with van der Waals surface area (Å²) in [6.07, 6.45) is -9.86. The highest BCUT2D eigenvalue weighted by atomic mass is 32.2. The van der Waals surface area contributed by atoms with E-state index >= 15 is 0 Å². The van der Waals surface area contributed by atoms with Crippen LogP contribution in [0.5, 0.6) is 5.75 Å². The summed E-state index contributed by atoms with van der Waals surface area (Å²) in [5, 5.41) is 2.03. The molecule has 0 spiro atoms. The van der Waals surface area contributed by atoms with Crippen LogP contribution in [0.4, 0.5) is 32.0 Å². The second kappa shape index (κ2) is 9.10. The average molecular weight is 510 g/mol. The highest BCUT2D eigenvalue weighted by Crippen LogP contribution is 2.38. The number of aryl methyl sites for hydroxylation is 1. The number of sulfonamides is 1. The molecule has 6 nitrogen and oxygen atoms in total. The van der Waals surface area contributed by atoms with E-state index in [-0.39, 0.29) is 36.1 Å². The Balaban J connectivity index is 1.94. The monoisotopic (exact) mass is 510 g/mol. The van der Waals surface area contributed by atoms with Gasteiger partial charge in [0.2, 0.25) is 15.9 Å². The summed E-state index contributed by atoms with van der Waals surface area (Å²) >= 11 is 0. The molecule has 0 saturated carbocycles. The quantitative estimate of drug-likeness (QED) is 0.585.